The highest BCUT2D eigenvalue weighted by Gasteiger charge is 2.19. The Morgan fingerprint density at radius 2 is 1.79 bits per heavy atom. The molecule has 2 nitrogen and oxygen atoms in total. The average Bonchev–Trinajstić information content (AvgIpc) is 2.10. The molecule has 1 rings (SSSR count). The van der Waals surface area contributed by atoms with Gasteiger partial charge in [-0.25, -0.2) is 0 Å². The Hall–Kier alpha value is -0.280. The van der Waals surface area contributed by atoms with E-state index in [4.69, 9.17) is 34.7 Å². The molecule has 0 radical (unpaired) electrons. The lowest BCUT2D eigenvalue weighted by Gasteiger charge is -2.21. The predicted octanol–water partition coefficient (Wildman–Crippen LogP) is 2.38. The second-order valence-corrected chi connectivity index (χ2v) is 4.15. The largest absolute Gasteiger partial charge is 0.330 e. The average molecular weight is 233 g/mol. The van der Waals surface area contributed by atoms with Crippen molar-refractivity contribution in [3.05, 3.63) is 33.8 Å². The Morgan fingerprint density at radius 3 is 2.14 bits per heavy atom. The maximum atomic E-state index is 6.05. The van der Waals surface area contributed by atoms with Crippen LogP contribution in [0.4, 0.5) is 0 Å². The second kappa shape index (κ2) is 4.99. The van der Waals surface area contributed by atoms with Gasteiger partial charge in [0.1, 0.15) is 0 Å². The fourth-order valence-electron chi connectivity index (χ4n) is 1.46. The summed E-state index contributed by atoms with van der Waals surface area (Å²) in [6, 6.07) is 5.35. The molecular weight excluding hydrogens is 219 g/mol. The van der Waals surface area contributed by atoms with Crippen molar-refractivity contribution < 1.29 is 0 Å². The van der Waals surface area contributed by atoms with Gasteiger partial charge in [0.25, 0.3) is 0 Å². The van der Waals surface area contributed by atoms with Crippen molar-refractivity contribution >= 4 is 23.2 Å². The SMILES string of the molecule is CC(N)C(CN)c1c(Cl)cccc1Cl. The Labute approximate surface area is 94.2 Å². The van der Waals surface area contributed by atoms with Gasteiger partial charge in [0.05, 0.1) is 0 Å². The first kappa shape index (κ1) is 11.8. The number of rotatable bonds is 3. The third kappa shape index (κ3) is 2.39. The monoisotopic (exact) mass is 232 g/mol. The maximum Gasteiger partial charge on any atom is 0.0456 e. The molecule has 0 saturated heterocycles. The van der Waals surface area contributed by atoms with Crippen LogP contribution in [0.1, 0.15) is 18.4 Å². The van der Waals surface area contributed by atoms with Crippen LogP contribution < -0.4 is 11.5 Å². The lowest BCUT2D eigenvalue weighted by atomic mass is 9.93. The maximum absolute atomic E-state index is 6.05. The van der Waals surface area contributed by atoms with E-state index in [-0.39, 0.29) is 12.0 Å². The summed E-state index contributed by atoms with van der Waals surface area (Å²) in [6.07, 6.45) is 0. The van der Waals surface area contributed by atoms with Crippen LogP contribution in [0.2, 0.25) is 10.0 Å². The summed E-state index contributed by atoms with van der Waals surface area (Å²) in [5.41, 5.74) is 12.3. The smallest absolute Gasteiger partial charge is 0.0456 e. The van der Waals surface area contributed by atoms with Gasteiger partial charge in [0.2, 0.25) is 0 Å². The van der Waals surface area contributed by atoms with Crippen molar-refractivity contribution in [2.24, 2.45) is 11.5 Å². The molecule has 0 spiro atoms. The number of hydrogen-bond donors (Lipinski definition) is 2. The van der Waals surface area contributed by atoms with Crippen LogP contribution >= 0.6 is 23.2 Å². The number of benzene rings is 1. The molecule has 78 valence electrons. The minimum absolute atomic E-state index is 0.0104. The fraction of sp³-hybridized carbons (Fsp3) is 0.400. The van der Waals surface area contributed by atoms with Gasteiger partial charge in [0.15, 0.2) is 0 Å². The van der Waals surface area contributed by atoms with Crippen molar-refractivity contribution in [1.29, 1.82) is 0 Å². The molecule has 1 aromatic rings. The Bertz CT molecular complexity index is 293. The van der Waals surface area contributed by atoms with Gasteiger partial charge in [-0.3, -0.25) is 0 Å². The van der Waals surface area contributed by atoms with Crippen LogP contribution in [-0.2, 0) is 0 Å². The van der Waals surface area contributed by atoms with Crippen LogP contribution in [0, 0.1) is 0 Å². The van der Waals surface area contributed by atoms with E-state index in [1.165, 1.54) is 0 Å². The Kier molecular flexibility index (Phi) is 4.20. The molecule has 0 aromatic heterocycles. The van der Waals surface area contributed by atoms with Gasteiger partial charge in [-0.1, -0.05) is 29.3 Å². The first-order valence-corrected chi connectivity index (χ1v) is 5.23. The molecule has 0 amide bonds. The normalized spacial score (nSPS) is 15.2. The first-order valence-electron chi connectivity index (χ1n) is 4.47. The number of hydrogen-bond acceptors (Lipinski definition) is 2. The minimum atomic E-state index is -0.0580. The summed E-state index contributed by atoms with van der Waals surface area (Å²) >= 11 is 12.1. The van der Waals surface area contributed by atoms with Crippen molar-refractivity contribution in [3.63, 3.8) is 0 Å². The van der Waals surface area contributed by atoms with Crippen LogP contribution in [0.3, 0.4) is 0 Å². The van der Waals surface area contributed by atoms with Crippen LogP contribution in [0.5, 0.6) is 0 Å². The zero-order valence-electron chi connectivity index (χ0n) is 8.00. The molecule has 14 heavy (non-hydrogen) atoms. The van der Waals surface area contributed by atoms with E-state index < -0.39 is 0 Å². The Balaban J connectivity index is 3.15. The molecule has 2 unspecified atom stereocenters. The Morgan fingerprint density at radius 1 is 1.29 bits per heavy atom. The third-order valence-corrected chi connectivity index (χ3v) is 2.92. The molecule has 0 aliphatic carbocycles. The highest BCUT2D eigenvalue weighted by atomic mass is 35.5. The van der Waals surface area contributed by atoms with E-state index in [9.17, 15) is 0 Å². The second-order valence-electron chi connectivity index (χ2n) is 3.34. The molecule has 0 aliphatic rings. The molecular formula is C10H14Cl2N2. The van der Waals surface area contributed by atoms with Crippen molar-refractivity contribution in [2.75, 3.05) is 6.54 Å². The van der Waals surface area contributed by atoms with Crippen molar-refractivity contribution in [1.82, 2.24) is 0 Å². The van der Waals surface area contributed by atoms with Gasteiger partial charge >= 0.3 is 0 Å². The molecule has 0 heterocycles. The fourth-order valence-corrected chi connectivity index (χ4v) is 2.14. The van der Waals surface area contributed by atoms with E-state index in [0.29, 0.717) is 16.6 Å². The zero-order chi connectivity index (χ0) is 10.7. The molecule has 0 saturated carbocycles. The molecule has 0 fully saturated rings. The van der Waals surface area contributed by atoms with Gasteiger partial charge in [-0.2, -0.15) is 0 Å². The summed E-state index contributed by atoms with van der Waals surface area (Å²) in [5.74, 6) is 0.0104. The van der Waals surface area contributed by atoms with Gasteiger partial charge < -0.3 is 11.5 Å². The van der Waals surface area contributed by atoms with E-state index in [2.05, 4.69) is 0 Å². The minimum Gasteiger partial charge on any atom is -0.330 e. The standard InChI is InChI=1S/C10H14Cl2N2/c1-6(14)7(5-13)10-8(11)3-2-4-9(10)12/h2-4,6-7H,5,13-14H2,1H3. The topological polar surface area (TPSA) is 52.0 Å². The quantitative estimate of drug-likeness (QED) is 0.842. The third-order valence-electron chi connectivity index (χ3n) is 2.26. The van der Waals surface area contributed by atoms with Crippen LogP contribution in [-0.4, -0.2) is 12.6 Å². The lowest BCUT2D eigenvalue weighted by molar-refractivity contribution is 0.577. The van der Waals surface area contributed by atoms with E-state index in [1.807, 2.05) is 13.0 Å². The molecule has 1 aromatic carbocycles. The number of halogens is 2. The van der Waals surface area contributed by atoms with Gasteiger partial charge in [-0.05, 0) is 24.6 Å². The lowest BCUT2D eigenvalue weighted by Crippen LogP contribution is -2.30. The van der Waals surface area contributed by atoms with Gasteiger partial charge in [-0.15, -0.1) is 0 Å². The van der Waals surface area contributed by atoms with E-state index >= 15 is 0 Å². The highest BCUT2D eigenvalue weighted by Crippen LogP contribution is 2.32. The summed E-state index contributed by atoms with van der Waals surface area (Å²) < 4.78 is 0. The molecule has 4 heteroatoms. The van der Waals surface area contributed by atoms with Gasteiger partial charge in [0, 0.05) is 28.5 Å². The van der Waals surface area contributed by atoms with Crippen LogP contribution in [0.15, 0.2) is 18.2 Å². The zero-order valence-corrected chi connectivity index (χ0v) is 9.52. The molecule has 0 aliphatic heterocycles. The molecule has 4 N–H and O–H groups in total. The summed E-state index contributed by atoms with van der Waals surface area (Å²) in [4.78, 5) is 0. The van der Waals surface area contributed by atoms with E-state index in [0.717, 1.165) is 5.56 Å². The molecule has 0 bridgehead atoms. The van der Waals surface area contributed by atoms with Crippen molar-refractivity contribution in [3.8, 4) is 0 Å². The predicted molar refractivity (Wildman–Crippen MR) is 61.9 cm³/mol. The first-order chi connectivity index (χ1) is 6.57. The molecule has 2 atom stereocenters. The summed E-state index contributed by atoms with van der Waals surface area (Å²) in [7, 11) is 0. The summed E-state index contributed by atoms with van der Waals surface area (Å²) in [6.45, 7) is 2.35. The highest BCUT2D eigenvalue weighted by molar-refractivity contribution is 6.36. The van der Waals surface area contributed by atoms with Crippen LogP contribution in [0.25, 0.3) is 0 Å². The van der Waals surface area contributed by atoms with E-state index in [1.54, 1.807) is 12.1 Å². The number of nitrogens with two attached hydrogens (primary N) is 2. The summed E-state index contributed by atoms with van der Waals surface area (Å²) in [5, 5.41) is 1.26. The van der Waals surface area contributed by atoms with Crippen molar-refractivity contribution in [2.45, 2.75) is 18.9 Å².